The molecule has 0 N–H and O–H groups in total. The molecule has 19 heavy (non-hydrogen) atoms. The van der Waals surface area contributed by atoms with E-state index in [1.807, 2.05) is 30.3 Å². The van der Waals surface area contributed by atoms with Crippen molar-refractivity contribution in [3.05, 3.63) is 47.7 Å². The number of carbonyl (C=O) groups is 1. The van der Waals surface area contributed by atoms with Crippen molar-refractivity contribution in [2.45, 2.75) is 32.8 Å². The summed E-state index contributed by atoms with van der Waals surface area (Å²) < 4.78 is 10.5. The molecule has 1 heterocycles. The molecule has 0 amide bonds. The summed E-state index contributed by atoms with van der Waals surface area (Å²) in [4.78, 5) is 11.7. The third-order valence-electron chi connectivity index (χ3n) is 2.24. The molecule has 0 radical (unpaired) electrons. The van der Waals surface area contributed by atoms with Crippen LogP contribution in [0.1, 0.15) is 42.9 Å². The lowest BCUT2D eigenvalue weighted by Crippen LogP contribution is -2.24. The van der Waals surface area contributed by atoms with Crippen molar-refractivity contribution in [3.8, 4) is 0 Å². The topological polar surface area (TPSA) is 65.2 Å². The molecule has 100 valence electrons. The zero-order chi connectivity index (χ0) is 13.9. The number of carbonyl (C=O) groups excluding carboxylic acids is 1. The van der Waals surface area contributed by atoms with Gasteiger partial charge < -0.3 is 9.15 Å². The fraction of sp³-hybridized carbons (Fsp3) is 0.357. The molecule has 0 bridgehead atoms. The first kappa shape index (κ1) is 13.3. The Bertz CT molecular complexity index is 556. The number of ether oxygens (including phenoxy) is 1. The molecule has 0 aliphatic carbocycles. The van der Waals surface area contributed by atoms with Crippen LogP contribution in [-0.2, 0) is 11.2 Å². The monoisotopic (exact) mass is 260 g/mol. The number of benzene rings is 1. The van der Waals surface area contributed by atoms with Gasteiger partial charge >= 0.3 is 11.9 Å². The van der Waals surface area contributed by atoms with Gasteiger partial charge in [-0.1, -0.05) is 30.3 Å². The van der Waals surface area contributed by atoms with Crippen molar-refractivity contribution in [1.82, 2.24) is 10.2 Å². The molecule has 0 atom stereocenters. The maximum Gasteiger partial charge on any atom is 0.396 e. The molecule has 0 unspecified atom stereocenters. The molecule has 5 heteroatoms. The summed E-state index contributed by atoms with van der Waals surface area (Å²) in [6.07, 6.45) is 0.497. The Morgan fingerprint density at radius 2 is 1.89 bits per heavy atom. The van der Waals surface area contributed by atoms with E-state index in [9.17, 15) is 4.79 Å². The second kappa shape index (κ2) is 5.22. The number of esters is 1. The van der Waals surface area contributed by atoms with Crippen LogP contribution in [0.3, 0.4) is 0 Å². The second-order valence-electron chi connectivity index (χ2n) is 5.17. The minimum Gasteiger partial charge on any atom is -0.453 e. The molecule has 2 rings (SSSR count). The average Bonchev–Trinajstić information content (AvgIpc) is 2.77. The van der Waals surface area contributed by atoms with E-state index in [2.05, 4.69) is 10.2 Å². The summed E-state index contributed by atoms with van der Waals surface area (Å²) in [6, 6.07) is 9.71. The zero-order valence-electron chi connectivity index (χ0n) is 11.2. The first-order valence-electron chi connectivity index (χ1n) is 6.04. The van der Waals surface area contributed by atoms with Crippen LogP contribution in [0, 0.1) is 0 Å². The normalized spacial score (nSPS) is 11.3. The zero-order valence-corrected chi connectivity index (χ0v) is 11.2. The van der Waals surface area contributed by atoms with Gasteiger partial charge in [-0.25, -0.2) is 4.79 Å². The molecular formula is C14H16N2O3. The van der Waals surface area contributed by atoms with Gasteiger partial charge in [0.05, 0.1) is 6.42 Å². The molecule has 2 aromatic rings. The third-order valence-corrected chi connectivity index (χ3v) is 2.24. The highest BCUT2D eigenvalue weighted by Crippen LogP contribution is 2.13. The fourth-order valence-corrected chi connectivity index (χ4v) is 1.50. The minimum absolute atomic E-state index is 0.110. The van der Waals surface area contributed by atoms with E-state index in [4.69, 9.17) is 9.15 Å². The van der Waals surface area contributed by atoms with Crippen LogP contribution in [-0.4, -0.2) is 21.8 Å². The second-order valence-corrected chi connectivity index (χ2v) is 5.17. The Kier molecular flexibility index (Phi) is 3.64. The molecule has 1 aromatic carbocycles. The molecule has 0 spiro atoms. The van der Waals surface area contributed by atoms with Crippen molar-refractivity contribution >= 4 is 5.97 Å². The average molecular weight is 260 g/mol. The van der Waals surface area contributed by atoms with Gasteiger partial charge in [0.25, 0.3) is 0 Å². The van der Waals surface area contributed by atoms with E-state index in [1.54, 1.807) is 20.8 Å². The van der Waals surface area contributed by atoms with Crippen LogP contribution in [0.4, 0.5) is 0 Å². The number of nitrogens with zero attached hydrogens (tertiary/aromatic N) is 2. The predicted molar refractivity (Wildman–Crippen MR) is 68.7 cm³/mol. The number of hydrogen-bond donors (Lipinski definition) is 0. The SMILES string of the molecule is CC(C)(C)OC(=O)c1nnc(Cc2ccccc2)o1. The molecule has 0 aliphatic rings. The van der Waals surface area contributed by atoms with Gasteiger partial charge in [0.15, 0.2) is 0 Å². The minimum atomic E-state index is -0.598. The van der Waals surface area contributed by atoms with Crippen LogP contribution in [0.5, 0.6) is 0 Å². The molecular weight excluding hydrogens is 244 g/mol. The van der Waals surface area contributed by atoms with Crippen molar-refractivity contribution in [2.24, 2.45) is 0 Å². The van der Waals surface area contributed by atoms with Crippen LogP contribution >= 0.6 is 0 Å². The highest BCUT2D eigenvalue weighted by atomic mass is 16.6. The Hall–Kier alpha value is -2.17. The maximum absolute atomic E-state index is 11.7. The summed E-state index contributed by atoms with van der Waals surface area (Å²) in [5.41, 5.74) is 0.465. The molecule has 0 saturated carbocycles. The Balaban J connectivity index is 2.05. The van der Waals surface area contributed by atoms with E-state index in [0.717, 1.165) is 5.56 Å². The van der Waals surface area contributed by atoms with Gasteiger partial charge in [0.2, 0.25) is 5.89 Å². The van der Waals surface area contributed by atoms with Gasteiger partial charge in [-0.2, -0.15) is 0 Å². The summed E-state index contributed by atoms with van der Waals surface area (Å²) in [6.45, 7) is 5.35. The first-order chi connectivity index (χ1) is 8.94. The number of aromatic nitrogens is 2. The van der Waals surface area contributed by atoms with E-state index < -0.39 is 11.6 Å². The van der Waals surface area contributed by atoms with E-state index in [0.29, 0.717) is 12.3 Å². The largest absolute Gasteiger partial charge is 0.453 e. The lowest BCUT2D eigenvalue weighted by molar-refractivity contribution is 0.00257. The summed E-state index contributed by atoms with van der Waals surface area (Å²) in [5.74, 6) is -0.313. The Labute approximate surface area is 111 Å². The Morgan fingerprint density at radius 1 is 1.21 bits per heavy atom. The standard InChI is InChI=1S/C14H16N2O3/c1-14(2,3)19-13(17)12-16-15-11(18-12)9-10-7-5-4-6-8-10/h4-8H,9H2,1-3H3. The molecule has 0 fully saturated rings. The van der Waals surface area contributed by atoms with Crippen LogP contribution in [0.15, 0.2) is 34.7 Å². The Morgan fingerprint density at radius 3 is 2.53 bits per heavy atom. The molecule has 0 saturated heterocycles. The summed E-state index contributed by atoms with van der Waals surface area (Å²) in [5, 5.41) is 7.55. The predicted octanol–water partition coefficient (Wildman–Crippen LogP) is 2.62. The summed E-state index contributed by atoms with van der Waals surface area (Å²) >= 11 is 0. The molecule has 0 aliphatic heterocycles. The number of hydrogen-bond acceptors (Lipinski definition) is 5. The molecule has 5 nitrogen and oxygen atoms in total. The van der Waals surface area contributed by atoms with Crippen molar-refractivity contribution in [2.75, 3.05) is 0 Å². The lowest BCUT2D eigenvalue weighted by atomic mass is 10.2. The molecule has 1 aromatic heterocycles. The van der Waals surface area contributed by atoms with Crippen LogP contribution in [0.2, 0.25) is 0 Å². The first-order valence-corrected chi connectivity index (χ1v) is 6.04. The van der Waals surface area contributed by atoms with Crippen molar-refractivity contribution in [1.29, 1.82) is 0 Å². The highest BCUT2D eigenvalue weighted by Gasteiger charge is 2.22. The number of rotatable bonds is 3. The van der Waals surface area contributed by atoms with E-state index in [1.165, 1.54) is 0 Å². The van der Waals surface area contributed by atoms with Crippen LogP contribution in [0.25, 0.3) is 0 Å². The summed E-state index contributed by atoms with van der Waals surface area (Å²) in [7, 11) is 0. The highest BCUT2D eigenvalue weighted by molar-refractivity contribution is 5.84. The lowest BCUT2D eigenvalue weighted by Gasteiger charge is -2.17. The third kappa shape index (κ3) is 3.91. The van der Waals surface area contributed by atoms with E-state index in [-0.39, 0.29) is 5.89 Å². The van der Waals surface area contributed by atoms with Gasteiger partial charge in [-0.3, -0.25) is 0 Å². The van der Waals surface area contributed by atoms with E-state index >= 15 is 0 Å². The van der Waals surface area contributed by atoms with Gasteiger partial charge in [-0.05, 0) is 26.3 Å². The van der Waals surface area contributed by atoms with Crippen LogP contribution < -0.4 is 0 Å². The van der Waals surface area contributed by atoms with Gasteiger partial charge in [0, 0.05) is 0 Å². The van der Waals surface area contributed by atoms with Gasteiger partial charge in [-0.15, -0.1) is 10.2 Å². The van der Waals surface area contributed by atoms with Crippen molar-refractivity contribution in [3.63, 3.8) is 0 Å². The van der Waals surface area contributed by atoms with Gasteiger partial charge in [0.1, 0.15) is 5.60 Å². The maximum atomic E-state index is 11.7. The quantitative estimate of drug-likeness (QED) is 0.794. The fourth-order valence-electron chi connectivity index (χ4n) is 1.50. The van der Waals surface area contributed by atoms with Crippen molar-refractivity contribution < 1.29 is 13.9 Å². The smallest absolute Gasteiger partial charge is 0.396 e.